The summed E-state index contributed by atoms with van der Waals surface area (Å²) in [6.45, 7) is 0. The minimum atomic E-state index is 0.275. The third-order valence-electron chi connectivity index (χ3n) is 5.45. The van der Waals surface area contributed by atoms with E-state index in [0.717, 1.165) is 11.5 Å². The summed E-state index contributed by atoms with van der Waals surface area (Å²) in [5.74, 6) is 2.16. The molecule has 0 saturated carbocycles. The van der Waals surface area contributed by atoms with Crippen molar-refractivity contribution in [3.8, 4) is 11.5 Å². The predicted octanol–water partition coefficient (Wildman–Crippen LogP) is 4.69. The third kappa shape index (κ3) is 1.60. The summed E-state index contributed by atoms with van der Waals surface area (Å²) in [6, 6.07) is 22.0. The van der Waals surface area contributed by atoms with Crippen LogP contribution in [0, 0.1) is 0 Å². The van der Waals surface area contributed by atoms with Crippen molar-refractivity contribution in [2.45, 2.75) is 11.8 Å². The smallest absolute Gasteiger partial charge is 0.161 e. The SMILES string of the molecule is COc1cc2c(cc1OC)C1c3ccccc3C2c2ccccc21. The Morgan fingerprint density at radius 1 is 0.542 bits per heavy atom. The summed E-state index contributed by atoms with van der Waals surface area (Å²) in [7, 11) is 3.40. The van der Waals surface area contributed by atoms with Crippen LogP contribution >= 0.6 is 0 Å². The fraction of sp³-hybridized carbons (Fsp3) is 0.182. The van der Waals surface area contributed by atoms with E-state index in [4.69, 9.17) is 9.47 Å². The Bertz CT molecular complexity index is 833. The van der Waals surface area contributed by atoms with Crippen molar-refractivity contribution in [3.63, 3.8) is 0 Å². The van der Waals surface area contributed by atoms with E-state index in [2.05, 4.69) is 60.7 Å². The average Bonchev–Trinajstić information content (AvgIpc) is 2.66. The Labute approximate surface area is 141 Å². The van der Waals surface area contributed by atoms with Gasteiger partial charge in [0.15, 0.2) is 11.5 Å². The first-order chi connectivity index (χ1) is 11.8. The van der Waals surface area contributed by atoms with Crippen LogP contribution in [-0.4, -0.2) is 14.2 Å². The molecule has 0 heterocycles. The molecule has 6 rings (SSSR count). The van der Waals surface area contributed by atoms with E-state index in [1.807, 2.05) is 0 Å². The van der Waals surface area contributed by atoms with Gasteiger partial charge in [-0.1, -0.05) is 48.5 Å². The normalized spacial score (nSPS) is 19.2. The molecule has 0 saturated heterocycles. The number of hydrogen-bond acceptors (Lipinski definition) is 2. The monoisotopic (exact) mass is 314 g/mol. The largest absolute Gasteiger partial charge is 0.493 e. The number of methoxy groups -OCH3 is 2. The second-order valence-electron chi connectivity index (χ2n) is 6.46. The minimum absolute atomic E-state index is 0.275. The predicted molar refractivity (Wildman–Crippen MR) is 94.3 cm³/mol. The standard InChI is InChI=1S/C22H18O2/c1-23-19-11-17-18(12-20(19)24-2)22-15-9-5-3-7-13(15)21(17)14-8-4-6-10-16(14)22/h3-12,21-22H,1-2H3. The van der Waals surface area contributed by atoms with Crippen LogP contribution in [0.2, 0.25) is 0 Å². The third-order valence-corrected chi connectivity index (χ3v) is 5.45. The molecule has 0 amide bonds. The molecule has 24 heavy (non-hydrogen) atoms. The van der Waals surface area contributed by atoms with E-state index >= 15 is 0 Å². The highest BCUT2D eigenvalue weighted by atomic mass is 16.5. The second kappa shape index (κ2) is 4.88. The molecule has 0 unspecified atom stereocenters. The molecule has 3 aromatic rings. The lowest BCUT2D eigenvalue weighted by molar-refractivity contribution is 0.353. The molecule has 3 aliphatic carbocycles. The summed E-state index contributed by atoms with van der Waals surface area (Å²) in [5, 5.41) is 0. The van der Waals surface area contributed by atoms with Crippen LogP contribution in [0.1, 0.15) is 45.2 Å². The zero-order valence-electron chi connectivity index (χ0n) is 13.7. The molecule has 0 fully saturated rings. The lowest BCUT2D eigenvalue weighted by Gasteiger charge is -2.42. The number of ether oxygens (including phenoxy) is 2. The maximum absolute atomic E-state index is 5.56. The zero-order valence-corrected chi connectivity index (χ0v) is 13.7. The molecule has 0 N–H and O–H groups in total. The van der Waals surface area contributed by atoms with Gasteiger partial charge in [0.1, 0.15) is 0 Å². The van der Waals surface area contributed by atoms with Crippen LogP contribution in [-0.2, 0) is 0 Å². The first kappa shape index (κ1) is 13.7. The van der Waals surface area contributed by atoms with Gasteiger partial charge in [-0.25, -0.2) is 0 Å². The van der Waals surface area contributed by atoms with Gasteiger partial charge in [0.2, 0.25) is 0 Å². The topological polar surface area (TPSA) is 18.5 Å². The van der Waals surface area contributed by atoms with Gasteiger partial charge in [-0.2, -0.15) is 0 Å². The lowest BCUT2D eigenvalue weighted by atomic mass is 9.61. The molecule has 0 spiro atoms. The summed E-state index contributed by atoms with van der Waals surface area (Å²) in [5.41, 5.74) is 8.36. The van der Waals surface area contributed by atoms with E-state index in [-0.39, 0.29) is 11.8 Å². The van der Waals surface area contributed by atoms with Crippen LogP contribution in [0.4, 0.5) is 0 Å². The first-order valence-corrected chi connectivity index (χ1v) is 8.27. The number of rotatable bonds is 2. The van der Waals surface area contributed by atoms with Crippen molar-refractivity contribution in [1.82, 2.24) is 0 Å². The van der Waals surface area contributed by atoms with Gasteiger partial charge < -0.3 is 9.47 Å². The molecule has 118 valence electrons. The van der Waals surface area contributed by atoms with Crippen LogP contribution in [0.25, 0.3) is 0 Å². The summed E-state index contributed by atoms with van der Waals surface area (Å²) < 4.78 is 11.1. The molecular weight excluding hydrogens is 296 g/mol. The average molecular weight is 314 g/mol. The quantitative estimate of drug-likeness (QED) is 0.470. The van der Waals surface area contributed by atoms with E-state index in [9.17, 15) is 0 Å². The van der Waals surface area contributed by atoms with Crippen LogP contribution < -0.4 is 9.47 Å². The molecule has 3 aromatic carbocycles. The second-order valence-corrected chi connectivity index (χ2v) is 6.46. The van der Waals surface area contributed by atoms with Crippen LogP contribution in [0.3, 0.4) is 0 Å². The maximum Gasteiger partial charge on any atom is 0.161 e. The number of hydrogen-bond donors (Lipinski definition) is 0. The highest BCUT2D eigenvalue weighted by molar-refractivity contribution is 5.70. The van der Waals surface area contributed by atoms with Gasteiger partial charge in [0, 0.05) is 11.8 Å². The molecule has 0 aromatic heterocycles. The van der Waals surface area contributed by atoms with Gasteiger partial charge in [-0.15, -0.1) is 0 Å². The molecule has 2 heteroatoms. The van der Waals surface area contributed by atoms with E-state index in [1.165, 1.54) is 33.4 Å². The zero-order chi connectivity index (χ0) is 16.3. The molecule has 2 nitrogen and oxygen atoms in total. The maximum atomic E-state index is 5.56. The highest BCUT2D eigenvalue weighted by Gasteiger charge is 2.41. The van der Waals surface area contributed by atoms with Gasteiger partial charge in [0.05, 0.1) is 14.2 Å². The van der Waals surface area contributed by atoms with E-state index < -0.39 is 0 Å². The summed E-state index contributed by atoms with van der Waals surface area (Å²) >= 11 is 0. The molecule has 2 bridgehead atoms. The van der Waals surface area contributed by atoms with Crippen LogP contribution in [0.5, 0.6) is 11.5 Å². The van der Waals surface area contributed by atoms with Crippen LogP contribution in [0.15, 0.2) is 60.7 Å². The van der Waals surface area contributed by atoms with Gasteiger partial charge in [-0.3, -0.25) is 0 Å². The highest BCUT2D eigenvalue weighted by Crippen LogP contribution is 2.57. The molecule has 0 radical (unpaired) electrons. The fourth-order valence-corrected chi connectivity index (χ4v) is 4.49. The van der Waals surface area contributed by atoms with Gasteiger partial charge in [0.25, 0.3) is 0 Å². The summed E-state index contributed by atoms with van der Waals surface area (Å²) in [6.07, 6.45) is 0. The van der Waals surface area contributed by atoms with Crippen molar-refractivity contribution in [3.05, 3.63) is 94.0 Å². The van der Waals surface area contributed by atoms with Crippen molar-refractivity contribution in [2.75, 3.05) is 14.2 Å². The van der Waals surface area contributed by atoms with Crippen molar-refractivity contribution in [2.24, 2.45) is 0 Å². The Morgan fingerprint density at radius 2 is 0.875 bits per heavy atom. The van der Waals surface area contributed by atoms with Crippen molar-refractivity contribution in [1.29, 1.82) is 0 Å². The molecular formula is C22H18O2. The van der Waals surface area contributed by atoms with Gasteiger partial charge in [-0.05, 0) is 45.5 Å². The number of benzene rings is 3. The van der Waals surface area contributed by atoms with Crippen molar-refractivity contribution >= 4 is 0 Å². The van der Waals surface area contributed by atoms with Crippen molar-refractivity contribution < 1.29 is 9.47 Å². The molecule has 0 atom stereocenters. The summed E-state index contributed by atoms with van der Waals surface area (Å²) in [4.78, 5) is 0. The van der Waals surface area contributed by atoms with E-state index in [1.54, 1.807) is 14.2 Å². The Hall–Kier alpha value is -2.74. The van der Waals surface area contributed by atoms with Gasteiger partial charge >= 0.3 is 0 Å². The Balaban J connectivity index is 1.86. The lowest BCUT2D eigenvalue weighted by Crippen LogP contribution is -2.27. The fourth-order valence-electron chi connectivity index (χ4n) is 4.49. The first-order valence-electron chi connectivity index (χ1n) is 8.27. The molecule has 0 aliphatic heterocycles. The molecule has 3 aliphatic rings. The van der Waals surface area contributed by atoms with E-state index in [0.29, 0.717) is 0 Å². The minimum Gasteiger partial charge on any atom is -0.493 e. The Morgan fingerprint density at radius 3 is 1.17 bits per heavy atom. The Kier molecular flexibility index (Phi) is 2.78.